The number of nitrogens with zero attached hydrogens (tertiary/aromatic N) is 4. The van der Waals surface area contributed by atoms with E-state index in [-0.39, 0.29) is 5.97 Å². The SMILES string of the molecule is CCCCCCCOC(=O)C1=C(C)Nc2nnnn2[C@@H]1c1cccc(Br)c1. The van der Waals surface area contributed by atoms with Crippen LogP contribution in [-0.2, 0) is 9.53 Å². The highest BCUT2D eigenvalue weighted by Gasteiger charge is 2.34. The molecule has 0 saturated heterocycles. The van der Waals surface area contributed by atoms with Crippen molar-refractivity contribution in [2.45, 2.75) is 52.0 Å². The number of nitrogens with one attached hydrogen (secondary N) is 1. The van der Waals surface area contributed by atoms with Gasteiger partial charge in [0.05, 0.1) is 12.2 Å². The summed E-state index contributed by atoms with van der Waals surface area (Å²) in [6.07, 6.45) is 5.54. The average Bonchev–Trinajstić information content (AvgIpc) is 3.11. The van der Waals surface area contributed by atoms with Crippen LogP contribution in [0.1, 0.15) is 57.6 Å². The molecule has 0 saturated carbocycles. The molecule has 0 fully saturated rings. The lowest BCUT2D eigenvalue weighted by atomic mass is 9.96. The fourth-order valence-electron chi connectivity index (χ4n) is 3.21. The van der Waals surface area contributed by atoms with Crippen molar-refractivity contribution in [3.8, 4) is 0 Å². The van der Waals surface area contributed by atoms with Crippen LogP contribution in [-0.4, -0.2) is 32.8 Å². The highest BCUT2D eigenvalue weighted by atomic mass is 79.9. The summed E-state index contributed by atoms with van der Waals surface area (Å²) in [6.45, 7) is 4.45. The number of fused-ring (bicyclic) bond motifs is 1. The summed E-state index contributed by atoms with van der Waals surface area (Å²) < 4.78 is 8.12. The van der Waals surface area contributed by atoms with Crippen LogP contribution in [0.25, 0.3) is 0 Å². The van der Waals surface area contributed by atoms with Crippen LogP contribution in [0.3, 0.4) is 0 Å². The van der Waals surface area contributed by atoms with Crippen LogP contribution in [0.4, 0.5) is 5.95 Å². The largest absolute Gasteiger partial charge is 0.462 e. The summed E-state index contributed by atoms with van der Waals surface area (Å²) in [6, 6.07) is 7.36. The van der Waals surface area contributed by atoms with Crippen LogP contribution in [0.5, 0.6) is 0 Å². The van der Waals surface area contributed by atoms with E-state index in [0.717, 1.165) is 22.9 Å². The molecule has 3 rings (SSSR count). The normalized spacial score (nSPS) is 16.0. The molecule has 0 amide bonds. The van der Waals surface area contributed by atoms with Crippen molar-refractivity contribution < 1.29 is 9.53 Å². The Bertz CT molecular complexity index is 833. The lowest BCUT2D eigenvalue weighted by Gasteiger charge is -2.27. The topological polar surface area (TPSA) is 81.9 Å². The van der Waals surface area contributed by atoms with E-state index < -0.39 is 6.04 Å². The third kappa shape index (κ3) is 4.55. The zero-order valence-corrected chi connectivity index (χ0v) is 17.2. The number of carbonyl (C=O) groups is 1. The molecule has 1 N–H and O–H groups in total. The van der Waals surface area contributed by atoms with Crippen molar-refractivity contribution >= 4 is 27.8 Å². The Morgan fingerprint density at radius 2 is 2.11 bits per heavy atom. The van der Waals surface area contributed by atoms with Crippen molar-refractivity contribution in [2.24, 2.45) is 0 Å². The van der Waals surface area contributed by atoms with Gasteiger partial charge in [0.2, 0.25) is 5.95 Å². The van der Waals surface area contributed by atoms with Crippen LogP contribution >= 0.6 is 15.9 Å². The second kappa shape index (κ2) is 9.12. The molecule has 7 nitrogen and oxygen atoms in total. The second-order valence-electron chi connectivity index (χ2n) is 6.62. The third-order valence-corrected chi connectivity index (χ3v) is 5.07. The second-order valence-corrected chi connectivity index (χ2v) is 7.53. The van der Waals surface area contributed by atoms with Gasteiger partial charge in [-0.2, -0.15) is 4.68 Å². The maximum absolute atomic E-state index is 12.9. The van der Waals surface area contributed by atoms with Crippen LogP contribution in [0, 0.1) is 0 Å². The first-order valence-corrected chi connectivity index (χ1v) is 10.1. The van der Waals surface area contributed by atoms with Crippen molar-refractivity contribution in [1.82, 2.24) is 20.2 Å². The molecule has 27 heavy (non-hydrogen) atoms. The summed E-state index contributed by atoms with van der Waals surface area (Å²) in [7, 11) is 0. The van der Waals surface area contributed by atoms with Gasteiger partial charge in [0.25, 0.3) is 0 Å². The summed E-state index contributed by atoms with van der Waals surface area (Å²) in [5, 5.41) is 14.9. The molecule has 2 aromatic rings. The molecule has 144 valence electrons. The summed E-state index contributed by atoms with van der Waals surface area (Å²) >= 11 is 3.49. The van der Waals surface area contributed by atoms with Crippen LogP contribution in [0.15, 0.2) is 40.0 Å². The maximum Gasteiger partial charge on any atom is 0.338 e. The fourth-order valence-corrected chi connectivity index (χ4v) is 3.63. The van der Waals surface area contributed by atoms with E-state index in [1.165, 1.54) is 19.3 Å². The van der Waals surface area contributed by atoms with Crippen molar-refractivity contribution in [1.29, 1.82) is 0 Å². The van der Waals surface area contributed by atoms with Crippen molar-refractivity contribution in [3.63, 3.8) is 0 Å². The Labute approximate surface area is 167 Å². The van der Waals surface area contributed by atoms with E-state index in [1.54, 1.807) is 4.68 Å². The number of hydrogen-bond acceptors (Lipinski definition) is 6. The Hall–Kier alpha value is -2.22. The lowest BCUT2D eigenvalue weighted by Crippen LogP contribution is -2.29. The number of carbonyl (C=O) groups excluding carboxylic acids is 1. The molecule has 0 radical (unpaired) electrons. The van der Waals surface area contributed by atoms with Crippen LogP contribution < -0.4 is 5.32 Å². The van der Waals surface area contributed by atoms with Gasteiger partial charge in [-0.1, -0.05) is 65.8 Å². The van der Waals surface area contributed by atoms with E-state index in [0.29, 0.717) is 23.8 Å². The van der Waals surface area contributed by atoms with Gasteiger partial charge in [-0.15, -0.1) is 0 Å². The first kappa shape index (κ1) is 19.5. The first-order chi connectivity index (χ1) is 13.1. The molecular weight excluding hydrogens is 410 g/mol. The fraction of sp³-hybridized carbons (Fsp3) is 0.474. The molecule has 1 aromatic carbocycles. The molecule has 8 heteroatoms. The van der Waals surface area contributed by atoms with Gasteiger partial charge in [0.1, 0.15) is 6.04 Å². The highest BCUT2D eigenvalue weighted by molar-refractivity contribution is 9.10. The minimum atomic E-state index is -0.429. The predicted octanol–water partition coefficient (Wildman–Crippen LogP) is 4.24. The van der Waals surface area contributed by atoms with E-state index in [4.69, 9.17) is 4.74 Å². The zero-order chi connectivity index (χ0) is 19.2. The Morgan fingerprint density at radius 3 is 2.89 bits per heavy atom. The smallest absolute Gasteiger partial charge is 0.338 e. The first-order valence-electron chi connectivity index (χ1n) is 9.30. The van der Waals surface area contributed by atoms with Crippen molar-refractivity contribution in [2.75, 3.05) is 11.9 Å². The number of halogens is 1. The molecule has 0 unspecified atom stereocenters. The van der Waals surface area contributed by atoms with E-state index in [2.05, 4.69) is 43.7 Å². The van der Waals surface area contributed by atoms with Gasteiger partial charge >= 0.3 is 5.97 Å². The number of rotatable bonds is 8. The van der Waals surface area contributed by atoms with E-state index in [9.17, 15) is 4.79 Å². The van der Waals surface area contributed by atoms with Crippen molar-refractivity contribution in [3.05, 3.63) is 45.6 Å². The third-order valence-electron chi connectivity index (χ3n) is 4.58. The molecule has 0 aliphatic carbocycles. The molecule has 1 aliphatic rings. The minimum absolute atomic E-state index is 0.332. The van der Waals surface area contributed by atoms with Gasteiger partial charge in [-0.25, -0.2) is 4.79 Å². The lowest BCUT2D eigenvalue weighted by molar-refractivity contribution is -0.139. The number of unbranched alkanes of at least 4 members (excludes halogenated alkanes) is 4. The molecule has 0 spiro atoms. The Morgan fingerprint density at radius 1 is 1.30 bits per heavy atom. The Kier molecular flexibility index (Phi) is 6.60. The molecule has 2 heterocycles. The summed E-state index contributed by atoms with van der Waals surface area (Å²) in [5.74, 6) is 0.176. The zero-order valence-electron chi connectivity index (χ0n) is 15.6. The average molecular weight is 434 g/mol. The number of allylic oxidation sites excluding steroid dienone is 1. The number of anilines is 1. The number of hydrogen-bond donors (Lipinski definition) is 1. The summed E-state index contributed by atoms with van der Waals surface area (Å²) in [4.78, 5) is 12.9. The number of esters is 1. The van der Waals surface area contributed by atoms with Gasteiger partial charge in [-0.05, 0) is 41.5 Å². The monoisotopic (exact) mass is 433 g/mol. The van der Waals surface area contributed by atoms with Gasteiger partial charge < -0.3 is 10.1 Å². The molecule has 1 aliphatic heterocycles. The quantitative estimate of drug-likeness (QED) is 0.495. The Balaban J connectivity index is 1.80. The van der Waals surface area contributed by atoms with E-state index >= 15 is 0 Å². The molecular formula is C19H24BrN5O2. The number of aromatic nitrogens is 4. The molecule has 0 bridgehead atoms. The number of ether oxygens (including phenoxy) is 1. The maximum atomic E-state index is 12.9. The van der Waals surface area contributed by atoms with Gasteiger partial charge in [-0.3, -0.25) is 0 Å². The van der Waals surface area contributed by atoms with Crippen LogP contribution in [0.2, 0.25) is 0 Å². The predicted molar refractivity (Wildman–Crippen MR) is 106 cm³/mol. The highest BCUT2D eigenvalue weighted by Crippen LogP contribution is 2.35. The number of tetrazole rings is 1. The molecule has 1 aromatic heterocycles. The van der Waals surface area contributed by atoms with E-state index in [1.807, 2.05) is 31.2 Å². The number of benzene rings is 1. The van der Waals surface area contributed by atoms with Gasteiger partial charge in [0.15, 0.2) is 0 Å². The molecule has 1 atom stereocenters. The minimum Gasteiger partial charge on any atom is -0.462 e. The standard InChI is InChI=1S/C19H24BrN5O2/c1-3-4-5-6-7-11-27-18(26)16-13(2)21-19-22-23-24-25(19)17(16)14-9-8-10-15(20)12-14/h8-10,12,17H,3-7,11H2,1-2H3,(H,21,22,24)/t17-/m1/s1. The summed E-state index contributed by atoms with van der Waals surface area (Å²) in [5.41, 5.74) is 2.15. The van der Waals surface area contributed by atoms with Gasteiger partial charge in [0, 0.05) is 10.2 Å².